The van der Waals surface area contributed by atoms with Crippen LogP contribution in [0, 0.1) is 0 Å². The highest BCUT2D eigenvalue weighted by Gasteiger charge is 2.47. The van der Waals surface area contributed by atoms with Crippen LogP contribution in [0.3, 0.4) is 0 Å². The minimum atomic E-state index is -4.55. The SMILES string of the molecule is O=S(=O)(c1cccnc1)S(=O)(=O)C(Br)(Br)Br. The number of pyridine rings is 1. The number of aromatic nitrogens is 1. The summed E-state index contributed by atoms with van der Waals surface area (Å²) in [5.41, 5.74) is 0. The van der Waals surface area contributed by atoms with E-state index in [9.17, 15) is 16.8 Å². The molecule has 0 aromatic carbocycles. The fourth-order valence-electron chi connectivity index (χ4n) is 0.746. The van der Waals surface area contributed by atoms with Gasteiger partial charge in [-0.05, 0) is 59.9 Å². The molecule has 0 unspecified atom stereocenters. The quantitative estimate of drug-likeness (QED) is 0.501. The maximum absolute atomic E-state index is 11.8. The zero-order chi connectivity index (χ0) is 12.6. The zero-order valence-electron chi connectivity index (χ0n) is 7.34. The molecule has 0 aliphatic heterocycles. The minimum absolute atomic E-state index is 0.391. The van der Waals surface area contributed by atoms with E-state index < -0.39 is 24.1 Å². The van der Waals surface area contributed by atoms with Gasteiger partial charge in [-0.3, -0.25) is 4.98 Å². The fraction of sp³-hybridized carbons (Fsp3) is 0.167. The molecule has 0 aliphatic carbocycles. The van der Waals surface area contributed by atoms with Gasteiger partial charge in [-0.1, -0.05) is 0 Å². The number of hydrogen-bond donors (Lipinski definition) is 0. The monoisotopic (exact) mass is 455 g/mol. The number of alkyl halides is 3. The molecular formula is C6H4Br3NO4S2. The number of hydrogen-bond acceptors (Lipinski definition) is 5. The molecule has 0 fully saturated rings. The lowest BCUT2D eigenvalue weighted by molar-refractivity contribution is 0.584. The summed E-state index contributed by atoms with van der Waals surface area (Å²) in [6, 6.07) is 2.49. The molecule has 16 heavy (non-hydrogen) atoms. The molecule has 0 N–H and O–H groups in total. The van der Waals surface area contributed by atoms with Crippen LogP contribution in [0.4, 0.5) is 0 Å². The van der Waals surface area contributed by atoms with Crippen molar-refractivity contribution in [2.24, 2.45) is 0 Å². The summed E-state index contributed by atoms with van der Waals surface area (Å²) in [7, 11) is -9.07. The molecule has 1 rings (SSSR count). The van der Waals surface area contributed by atoms with Crippen LogP contribution in [0.25, 0.3) is 0 Å². The summed E-state index contributed by atoms with van der Waals surface area (Å²) in [5, 5.41) is 0. The Bertz CT molecular complexity index is 576. The second kappa shape index (κ2) is 4.63. The van der Waals surface area contributed by atoms with Crippen LogP contribution in [0.5, 0.6) is 0 Å². The molecule has 0 saturated heterocycles. The highest BCUT2D eigenvalue weighted by molar-refractivity contribution is 9.43. The van der Waals surface area contributed by atoms with Crippen LogP contribution in [0.15, 0.2) is 29.4 Å². The van der Waals surface area contributed by atoms with Gasteiger partial charge in [0.25, 0.3) is 17.7 Å². The maximum atomic E-state index is 11.8. The molecular weight excluding hydrogens is 454 g/mol. The van der Waals surface area contributed by atoms with E-state index in [-0.39, 0.29) is 0 Å². The second-order valence-electron chi connectivity index (χ2n) is 2.54. The fourth-order valence-corrected chi connectivity index (χ4v) is 8.18. The van der Waals surface area contributed by atoms with Crippen molar-refractivity contribution in [3.63, 3.8) is 0 Å². The normalized spacial score (nSPS) is 13.7. The molecule has 1 aromatic rings. The van der Waals surface area contributed by atoms with E-state index >= 15 is 0 Å². The Kier molecular flexibility index (Phi) is 4.21. The van der Waals surface area contributed by atoms with Gasteiger partial charge in [0.15, 0.2) is 0 Å². The summed E-state index contributed by atoms with van der Waals surface area (Å²) >= 11 is 8.04. The van der Waals surface area contributed by atoms with Crippen LogP contribution < -0.4 is 0 Å². The topological polar surface area (TPSA) is 81.2 Å². The Labute approximate surface area is 117 Å². The van der Waals surface area contributed by atoms with Crippen molar-refractivity contribution in [2.45, 2.75) is 6.37 Å². The van der Waals surface area contributed by atoms with Crippen molar-refractivity contribution in [3.8, 4) is 0 Å². The van der Waals surface area contributed by atoms with E-state index in [1.807, 2.05) is 0 Å². The van der Waals surface area contributed by atoms with Crippen molar-refractivity contribution < 1.29 is 16.8 Å². The molecule has 0 aliphatic rings. The standard InChI is InChI=1S/C6H4Br3NO4S2/c7-6(8,9)16(13,14)15(11,12)5-2-1-3-10-4-5/h1-4H. The van der Waals surface area contributed by atoms with Crippen LogP contribution in [0.1, 0.15) is 0 Å². The van der Waals surface area contributed by atoms with Crippen molar-refractivity contribution in [3.05, 3.63) is 24.5 Å². The van der Waals surface area contributed by atoms with Gasteiger partial charge in [-0.25, -0.2) is 16.8 Å². The third-order valence-corrected chi connectivity index (χ3v) is 12.3. The first-order chi connectivity index (χ1) is 7.11. The number of nitrogens with zero attached hydrogens (tertiary/aromatic N) is 1. The first kappa shape index (κ1) is 14.6. The van der Waals surface area contributed by atoms with Gasteiger partial charge in [-0.2, -0.15) is 0 Å². The summed E-state index contributed by atoms with van der Waals surface area (Å²) < 4.78 is 45.1. The Hall–Kier alpha value is 0.490. The van der Waals surface area contributed by atoms with Crippen molar-refractivity contribution in [2.75, 3.05) is 0 Å². The lowest BCUT2D eigenvalue weighted by Gasteiger charge is -2.13. The summed E-state index contributed by atoms with van der Waals surface area (Å²) in [6.45, 7) is 0. The second-order valence-corrected chi connectivity index (χ2v) is 16.4. The molecule has 0 radical (unpaired) electrons. The Morgan fingerprint density at radius 3 is 2.06 bits per heavy atom. The Balaban J connectivity index is 3.48. The van der Waals surface area contributed by atoms with Crippen molar-refractivity contribution >= 4 is 65.5 Å². The predicted molar refractivity (Wildman–Crippen MR) is 69.9 cm³/mol. The highest BCUT2D eigenvalue weighted by atomic mass is 80.0. The van der Waals surface area contributed by atoms with Gasteiger partial charge in [0.2, 0.25) is 1.47 Å². The first-order valence-corrected chi connectivity index (χ1v) is 9.43. The van der Waals surface area contributed by atoms with Crippen molar-refractivity contribution in [1.82, 2.24) is 4.98 Å². The van der Waals surface area contributed by atoms with Crippen LogP contribution in [-0.4, -0.2) is 23.3 Å². The molecule has 5 nitrogen and oxygen atoms in total. The molecule has 0 atom stereocenters. The summed E-state index contributed by atoms with van der Waals surface area (Å²) in [4.78, 5) is 3.17. The van der Waals surface area contributed by atoms with Crippen molar-refractivity contribution in [1.29, 1.82) is 0 Å². The van der Waals surface area contributed by atoms with E-state index in [1.165, 1.54) is 12.3 Å². The molecule has 10 heteroatoms. The molecule has 0 spiro atoms. The third kappa shape index (κ3) is 2.50. The maximum Gasteiger partial charge on any atom is 0.293 e. The Morgan fingerprint density at radius 2 is 1.69 bits per heavy atom. The molecule has 90 valence electrons. The molecule has 1 heterocycles. The van der Waals surface area contributed by atoms with E-state index in [0.29, 0.717) is 0 Å². The zero-order valence-corrected chi connectivity index (χ0v) is 13.7. The van der Waals surface area contributed by atoms with Gasteiger partial charge in [0, 0.05) is 12.4 Å². The van der Waals surface area contributed by atoms with Crippen LogP contribution >= 0.6 is 47.8 Å². The molecule has 0 amide bonds. The third-order valence-electron chi connectivity index (χ3n) is 1.50. The van der Waals surface area contributed by atoms with E-state index in [2.05, 4.69) is 52.8 Å². The van der Waals surface area contributed by atoms with E-state index in [4.69, 9.17) is 0 Å². The van der Waals surface area contributed by atoms with Gasteiger partial charge in [0.1, 0.15) is 4.90 Å². The largest absolute Gasteiger partial charge is 0.293 e. The van der Waals surface area contributed by atoms with Crippen LogP contribution in [-0.2, 0) is 17.7 Å². The highest BCUT2D eigenvalue weighted by Crippen LogP contribution is 2.43. The molecule has 0 saturated carbocycles. The van der Waals surface area contributed by atoms with Gasteiger partial charge in [0.05, 0.1) is 0 Å². The average Bonchev–Trinajstić information content (AvgIpc) is 2.17. The summed E-state index contributed by atoms with van der Waals surface area (Å²) in [5.74, 6) is 0. The van der Waals surface area contributed by atoms with Gasteiger partial charge >= 0.3 is 0 Å². The van der Waals surface area contributed by atoms with E-state index in [0.717, 1.165) is 12.3 Å². The summed E-state index contributed by atoms with van der Waals surface area (Å²) in [6.07, 6.45) is 2.31. The average molecular weight is 458 g/mol. The minimum Gasteiger partial charge on any atom is -0.263 e. The first-order valence-electron chi connectivity index (χ1n) is 3.57. The molecule has 0 bridgehead atoms. The smallest absolute Gasteiger partial charge is 0.263 e. The molecule has 1 aromatic heterocycles. The van der Waals surface area contributed by atoms with Gasteiger partial charge < -0.3 is 0 Å². The number of halogens is 3. The van der Waals surface area contributed by atoms with Gasteiger partial charge in [-0.15, -0.1) is 0 Å². The Morgan fingerprint density at radius 1 is 1.12 bits per heavy atom. The van der Waals surface area contributed by atoms with E-state index in [1.54, 1.807) is 0 Å². The number of rotatable bonds is 2. The lowest BCUT2D eigenvalue weighted by Crippen LogP contribution is -2.27. The predicted octanol–water partition coefficient (Wildman–Crippen LogP) is 1.98. The van der Waals surface area contributed by atoms with Crippen LogP contribution in [0.2, 0.25) is 0 Å². The lowest BCUT2D eigenvalue weighted by atomic mass is 10.5.